The smallest absolute Gasteiger partial charge is 0.238 e. The summed E-state index contributed by atoms with van der Waals surface area (Å²) in [5.74, 6) is 1.69. The topological polar surface area (TPSA) is 73.1 Å². The molecule has 0 unspecified atom stereocenters. The number of ether oxygens (including phenoxy) is 1. The molecule has 7 nitrogen and oxygen atoms in total. The first-order chi connectivity index (χ1) is 15.7. The fraction of sp³-hybridized carbons (Fsp3) is 0.167. The van der Waals surface area contributed by atoms with Gasteiger partial charge in [0.1, 0.15) is 12.4 Å². The van der Waals surface area contributed by atoms with Crippen LogP contribution < -0.4 is 9.64 Å². The molecule has 2 aromatic heterocycles. The average molecular weight is 444 g/mol. The van der Waals surface area contributed by atoms with Gasteiger partial charge in [-0.25, -0.2) is 0 Å². The first-order valence-corrected chi connectivity index (χ1v) is 11.2. The molecule has 0 bridgehead atoms. The molecule has 1 aliphatic heterocycles. The van der Waals surface area contributed by atoms with Crippen LogP contribution in [-0.2, 0) is 11.8 Å². The first kappa shape index (κ1) is 20.3. The Balaban J connectivity index is 1.39. The van der Waals surface area contributed by atoms with Crippen LogP contribution >= 0.6 is 11.8 Å². The zero-order chi connectivity index (χ0) is 21.9. The Kier molecular flexibility index (Phi) is 5.60. The maximum absolute atomic E-state index is 13.5. The number of hydrogen-bond acceptors (Lipinski definition) is 6. The highest BCUT2D eigenvalue weighted by Gasteiger charge is 2.33. The molecule has 1 atom stereocenters. The van der Waals surface area contributed by atoms with Gasteiger partial charge in [-0.15, -0.1) is 10.2 Å². The number of fused-ring (bicyclic) bond motifs is 1. The van der Waals surface area contributed by atoms with Gasteiger partial charge in [-0.1, -0.05) is 54.2 Å². The van der Waals surface area contributed by atoms with Gasteiger partial charge in [-0.3, -0.25) is 14.7 Å². The van der Waals surface area contributed by atoms with Crippen molar-refractivity contribution >= 4 is 23.4 Å². The second kappa shape index (κ2) is 8.84. The summed E-state index contributed by atoms with van der Waals surface area (Å²) in [5.41, 5.74) is 2.76. The number of pyridine rings is 1. The van der Waals surface area contributed by atoms with Crippen molar-refractivity contribution < 1.29 is 9.53 Å². The number of rotatable bonds is 5. The van der Waals surface area contributed by atoms with Crippen LogP contribution in [-0.4, -0.2) is 38.0 Å². The Morgan fingerprint density at radius 3 is 2.59 bits per heavy atom. The highest BCUT2D eigenvalue weighted by molar-refractivity contribution is 7.99. The van der Waals surface area contributed by atoms with Gasteiger partial charge >= 0.3 is 0 Å². The highest BCUT2D eigenvalue weighted by atomic mass is 32.2. The molecule has 32 heavy (non-hydrogen) atoms. The van der Waals surface area contributed by atoms with Crippen LogP contribution in [0.25, 0.3) is 11.4 Å². The monoisotopic (exact) mass is 443 g/mol. The maximum Gasteiger partial charge on any atom is 0.238 e. The normalized spacial score (nSPS) is 15.2. The van der Waals surface area contributed by atoms with Gasteiger partial charge in [0.25, 0.3) is 0 Å². The number of amides is 1. The lowest BCUT2D eigenvalue weighted by molar-refractivity contribution is -0.117. The molecule has 8 heteroatoms. The summed E-state index contributed by atoms with van der Waals surface area (Å²) in [4.78, 5) is 19.4. The molecular weight excluding hydrogens is 422 g/mol. The molecule has 0 radical (unpaired) electrons. The largest absolute Gasteiger partial charge is 0.489 e. The SMILES string of the molecule is Cn1c(SCC(=O)N2c3ccccc3OC[C@@H]2c2ccccc2)nnc1-c1ccncc1. The number of hydrogen-bond donors (Lipinski definition) is 0. The van der Waals surface area contributed by atoms with Crippen LogP contribution in [0.15, 0.2) is 84.3 Å². The van der Waals surface area contributed by atoms with Crippen molar-refractivity contribution in [3.63, 3.8) is 0 Å². The number of anilines is 1. The van der Waals surface area contributed by atoms with Crippen molar-refractivity contribution in [2.24, 2.45) is 7.05 Å². The van der Waals surface area contributed by atoms with E-state index in [1.807, 2.05) is 83.2 Å². The van der Waals surface area contributed by atoms with Crippen LogP contribution in [0, 0.1) is 0 Å². The van der Waals surface area contributed by atoms with Crippen molar-refractivity contribution in [3.05, 3.63) is 84.7 Å². The molecule has 1 aliphatic rings. The lowest BCUT2D eigenvalue weighted by Gasteiger charge is -2.37. The van der Waals surface area contributed by atoms with Gasteiger partial charge in [-0.2, -0.15) is 0 Å². The Morgan fingerprint density at radius 2 is 1.78 bits per heavy atom. The first-order valence-electron chi connectivity index (χ1n) is 10.2. The lowest BCUT2D eigenvalue weighted by atomic mass is 10.0. The quantitative estimate of drug-likeness (QED) is 0.432. The van der Waals surface area contributed by atoms with E-state index < -0.39 is 0 Å². The molecule has 1 amide bonds. The third kappa shape index (κ3) is 3.85. The van der Waals surface area contributed by atoms with Crippen LogP contribution in [0.1, 0.15) is 11.6 Å². The third-order valence-electron chi connectivity index (χ3n) is 5.38. The van der Waals surface area contributed by atoms with Crippen molar-refractivity contribution in [1.82, 2.24) is 19.7 Å². The van der Waals surface area contributed by atoms with E-state index in [2.05, 4.69) is 15.2 Å². The highest BCUT2D eigenvalue weighted by Crippen LogP contribution is 2.39. The van der Waals surface area contributed by atoms with Gasteiger partial charge < -0.3 is 9.30 Å². The van der Waals surface area contributed by atoms with Crippen LogP contribution in [0.3, 0.4) is 0 Å². The van der Waals surface area contributed by atoms with Crippen molar-refractivity contribution in [2.45, 2.75) is 11.2 Å². The van der Waals surface area contributed by atoms with E-state index in [0.29, 0.717) is 11.8 Å². The van der Waals surface area contributed by atoms with Crippen molar-refractivity contribution in [1.29, 1.82) is 0 Å². The minimum Gasteiger partial charge on any atom is -0.489 e. The van der Waals surface area contributed by atoms with E-state index in [1.165, 1.54) is 11.8 Å². The molecule has 4 aromatic rings. The molecule has 0 aliphatic carbocycles. The fourth-order valence-electron chi connectivity index (χ4n) is 3.81. The summed E-state index contributed by atoms with van der Waals surface area (Å²) in [7, 11) is 1.90. The second-order valence-electron chi connectivity index (χ2n) is 7.36. The molecular formula is C24H21N5O2S. The fourth-order valence-corrected chi connectivity index (χ4v) is 4.58. The standard InChI is InChI=1S/C24H21N5O2S/c1-28-23(18-11-13-25-14-12-18)26-27-24(28)32-16-22(30)29-19-9-5-6-10-21(19)31-15-20(29)17-7-3-2-4-8-17/h2-14,20H,15-16H2,1H3/t20-/m1/s1. The molecule has 0 fully saturated rings. The van der Waals surface area contributed by atoms with Gasteiger partial charge in [0, 0.05) is 25.0 Å². The van der Waals surface area contributed by atoms with E-state index in [-0.39, 0.29) is 17.7 Å². The van der Waals surface area contributed by atoms with Crippen molar-refractivity contribution in [2.75, 3.05) is 17.3 Å². The number of carbonyl (C=O) groups is 1. The number of carbonyl (C=O) groups excluding carboxylic acids is 1. The summed E-state index contributed by atoms with van der Waals surface area (Å²) in [6, 6.07) is 21.2. The number of thioether (sulfide) groups is 1. The molecule has 5 rings (SSSR count). The van der Waals surface area contributed by atoms with E-state index in [0.717, 1.165) is 28.4 Å². The molecule has 0 saturated carbocycles. The molecule has 0 saturated heterocycles. The third-order valence-corrected chi connectivity index (χ3v) is 6.39. The van der Waals surface area contributed by atoms with Crippen LogP contribution in [0.5, 0.6) is 5.75 Å². The maximum atomic E-state index is 13.5. The Labute approximate surface area is 190 Å². The van der Waals surface area contributed by atoms with Gasteiger partial charge in [0.05, 0.1) is 17.5 Å². The zero-order valence-electron chi connectivity index (χ0n) is 17.5. The predicted octanol–water partition coefficient (Wildman–Crippen LogP) is 4.14. The van der Waals surface area contributed by atoms with Crippen LogP contribution in [0.2, 0.25) is 0 Å². The lowest BCUT2D eigenvalue weighted by Crippen LogP contribution is -2.42. The summed E-state index contributed by atoms with van der Waals surface area (Å²) >= 11 is 1.38. The Hall–Kier alpha value is -3.65. The molecule has 0 N–H and O–H groups in total. The summed E-state index contributed by atoms with van der Waals surface area (Å²) in [6.45, 7) is 0.410. The Morgan fingerprint density at radius 1 is 1.03 bits per heavy atom. The minimum absolute atomic E-state index is 0.00642. The van der Waals surface area contributed by atoms with Gasteiger partial charge in [0.2, 0.25) is 5.91 Å². The van der Waals surface area contributed by atoms with Crippen molar-refractivity contribution in [3.8, 4) is 17.1 Å². The van der Waals surface area contributed by atoms with E-state index >= 15 is 0 Å². The van der Waals surface area contributed by atoms with E-state index in [4.69, 9.17) is 4.74 Å². The van der Waals surface area contributed by atoms with Gasteiger partial charge in [-0.05, 0) is 29.8 Å². The van der Waals surface area contributed by atoms with Gasteiger partial charge in [0.15, 0.2) is 11.0 Å². The molecule has 3 heterocycles. The Bertz CT molecular complexity index is 1230. The predicted molar refractivity (Wildman–Crippen MR) is 124 cm³/mol. The summed E-state index contributed by atoms with van der Waals surface area (Å²) in [5, 5.41) is 9.27. The number of benzene rings is 2. The molecule has 2 aromatic carbocycles. The van der Waals surface area contributed by atoms with E-state index in [9.17, 15) is 4.79 Å². The average Bonchev–Trinajstić information content (AvgIpc) is 3.23. The molecule has 160 valence electrons. The minimum atomic E-state index is -0.189. The van der Waals surface area contributed by atoms with Crippen LogP contribution in [0.4, 0.5) is 5.69 Å². The second-order valence-corrected chi connectivity index (χ2v) is 8.30. The molecule has 0 spiro atoms. The van der Waals surface area contributed by atoms with E-state index in [1.54, 1.807) is 12.4 Å². The number of nitrogens with zero attached hydrogens (tertiary/aromatic N) is 5. The number of para-hydroxylation sites is 2. The summed E-state index contributed by atoms with van der Waals surface area (Å²) < 4.78 is 7.87. The number of aromatic nitrogens is 4. The zero-order valence-corrected chi connectivity index (χ0v) is 18.3. The summed E-state index contributed by atoms with van der Waals surface area (Å²) in [6.07, 6.45) is 3.44.